The average Bonchev–Trinajstić information content (AvgIpc) is 2.63. The molecular weight excluding hydrogens is 296 g/mol. The summed E-state index contributed by atoms with van der Waals surface area (Å²) >= 11 is 0. The maximum atomic E-state index is 11.6. The number of nitrogens with two attached hydrogens (primary N) is 1. The van der Waals surface area contributed by atoms with E-state index in [9.17, 15) is 18.5 Å². The van der Waals surface area contributed by atoms with Crippen molar-refractivity contribution in [2.45, 2.75) is 6.42 Å². The Hall–Kier alpha value is -1.87. The summed E-state index contributed by atoms with van der Waals surface area (Å²) in [7, 11) is -3.24. The maximum Gasteiger partial charge on any atom is 0.292 e. The number of rotatable bonds is 3. The number of nitrogens with zero attached hydrogens (tertiary/aromatic N) is 3. The molecule has 0 unspecified atom stereocenters. The summed E-state index contributed by atoms with van der Waals surface area (Å²) in [5, 5.41) is 11.1. The van der Waals surface area contributed by atoms with Crippen molar-refractivity contribution in [1.82, 2.24) is 4.31 Å². The summed E-state index contributed by atoms with van der Waals surface area (Å²) in [6.45, 7) is 1.68. The van der Waals surface area contributed by atoms with Crippen LogP contribution in [-0.2, 0) is 10.0 Å². The molecule has 2 rings (SSSR count). The maximum absolute atomic E-state index is 11.6. The largest absolute Gasteiger partial charge is 0.399 e. The summed E-state index contributed by atoms with van der Waals surface area (Å²) < 4.78 is 24.6. The minimum Gasteiger partial charge on any atom is -0.399 e. The highest BCUT2D eigenvalue weighted by atomic mass is 32.2. The zero-order chi connectivity index (χ0) is 15.6. The van der Waals surface area contributed by atoms with Gasteiger partial charge in [-0.25, -0.2) is 12.7 Å². The van der Waals surface area contributed by atoms with Crippen LogP contribution < -0.4 is 10.6 Å². The van der Waals surface area contributed by atoms with Gasteiger partial charge in [-0.15, -0.1) is 0 Å². The predicted octanol–water partition coefficient (Wildman–Crippen LogP) is 0.649. The van der Waals surface area contributed by atoms with E-state index in [1.54, 1.807) is 6.07 Å². The molecule has 0 aliphatic carbocycles. The van der Waals surface area contributed by atoms with Gasteiger partial charge < -0.3 is 10.6 Å². The number of nitro benzene ring substituents is 1. The quantitative estimate of drug-likeness (QED) is 0.498. The Morgan fingerprint density at radius 3 is 2.57 bits per heavy atom. The Kier molecular flexibility index (Phi) is 4.33. The molecular formula is C12H18N4O4S. The predicted molar refractivity (Wildman–Crippen MR) is 80.8 cm³/mol. The molecule has 0 aromatic heterocycles. The van der Waals surface area contributed by atoms with Gasteiger partial charge in [0.25, 0.3) is 5.69 Å². The van der Waals surface area contributed by atoms with Crippen molar-refractivity contribution >= 4 is 27.1 Å². The van der Waals surface area contributed by atoms with E-state index >= 15 is 0 Å². The zero-order valence-corrected chi connectivity index (χ0v) is 12.5. The molecule has 0 atom stereocenters. The van der Waals surface area contributed by atoms with Crippen LogP contribution in [0.1, 0.15) is 6.42 Å². The van der Waals surface area contributed by atoms with Gasteiger partial charge in [0.2, 0.25) is 10.0 Å². The second kappa shape index (κ2) is 5.86. The van der Waals surface area contributed by atoms with Crippen LogP contribution in [0, 0.1) is 10.1 Å². The van der Waals surface area contributed by atoms with Crippen LogP contribution in [0.2, 0.25) is 0 Å². The Balaban J connectivity index is 2.27. The van der Waals surface area contributed by atoms with Crippen LogP contribution in [0.3, 0.4) is 0 Å². The van der Waals surface area contributed by atoms with Crippen molar-refractivity contribution in [3.63, 3.8) is 0 Å². The van der Waals surface area contributed by atoms with E-state index in [1.165, 1.54) is 22.7 Å². The minimum absolute atomic E-state index is 0.0167. The Labute approximate surface area is 123 Å². The van der Waals surface area contributed by atoms with E-state index in [1.807, 2.05) is 4.90 Å². The molecule has 1 saturated heterocycles. The fraction of sp³-hybridized carbons (Fsp3) is 0.500. The first-order valence-corrected chi connectivity index (χ1v) is 8.38. The third kappa shape index (κ3) is 3.61. The van der Waals surface area contributed by atoms with E-state index in [2.05, 4.69) is 0 Å². The normalized spacial score (nSPS) is 17.5. The van der Waals surface area contributed by atoms with Gasteiger partial charge in [0.15, 0.2) is 0 Å². The Morgan fingerprint density at radius 2 is 1.95 bits per heavy atom. The van der Waals surface area contributed by atoms with Crippen LogP contribution >= 0.6 is 0 Å². The number of benzene rings is 1. The minimum atomic E-state index is -3.24. The summed E-state index contributed by atoms with van der Waals surface area (Å²) in [5.74, 6) is 0. The highest BCUT2D eigenvalue weighted by Crippen LogP contribution is 2.31. The second-order valence-corrected chi connectivity index (χ2v) is 6.99. The van der Waals surface area contributed by atoms with Crippen molar-refractivity contribution in [3.05, 3.63) is 28.3 Å². The Bertz CT molecular complexity index is 647. The second-order valence-electron chi connectivity index (χ2n) is 5.01. The molecule has 1 heterocycles. The summed E-state index contributed by atoms with van der Waals surface area (Å²) in [5.41, 5.74) is 6.58. The lowest BCUT2D eigenvalue weighted by Crippen LogP contribution is -2.34. The molecule has 8 nitrogen and oxygen atoms in total. The summed E-state index contributed by atoms with van der Waals surface area (Å²) in [6.07, 6.45) is 1.78. The Morgan fingerprint density at radius 1 is 1.24 bits per heavy atom. The van der Waals surface area contributed by atoms with Gasteiger partial charge in [0.1, 0.15) is 5.69 Å². The third-order valence-corrected chi connectivity index (χ3v) is 4.76. The lowest BCUT2D eigenvalue weighted by Gasteiger charge is -2.23. The third-order valence-electron chi connectivity index (χ3n) is 3.46. The van der Waals surface area contributed by atoms with Crippen LogP contribution in [0.25, 0.3) is 0 Å². The SMILES string of the molecule is CS(=O)(=O)N1CCCN(c2cc(N)ccc2[N+](=O)[O-])CC1. The van der Waals surface area contributed by atoms with E-state index in [-0.39, 0.29) is 5.69 Å². The number of nitrogen functional groups attached to an aromatic ring is 1. The smallest absolute Gasteiger partial charge is 0.292 e. The lowest BCUT2D eigenvalue weighted by atomic mass is 10.2. The van der Waals surface area contributed by atoms with Crippen LogP contribution in [0.4, 0.5) is 17.1 Å². The molecule has 0 saturated carbocycles. The van der Waals surface area contributed by atoms with Gasteiger partial charge in [0.05, 0.1) is 11.2 Å². The summed E-state index contributed by atoms with van der Waals surface area (Å²) in [6, 6.07) is 4.43. The molecule has 116 valence electrons. The van der Waals surface area contributed by atoms with Gasteiger partial charge >= 0.3 is 0 Å². The first kappa shape index (κ1) is 15.5. The number of hydrogen-bond acceptors (Lipinski definition) is 6. The van der Waals surface area contributed by atoms with Crippen LogP contribution in [0.5, 0.6) is 0 Å². The first-order chi connectivity index (χ1) is 9.79. The molecule has 1 fully saturated rings. The molecule has 9 heteroatoms. The molecule has 1 aliphatic rings. The zero-order valence-electron chi connectivity index (χ0n) is 11.7. The number of nitro groups is 1. The molecule has 2 N–H and O–H groups in total. The number of anilines is 2. The number of hydrogen-bond donors (Lipinski definition) is 1. The van der Waals surface area contributed by atoms with Crippen molar-refractivity contribution in [2.24, 2.45) is 0 Å². The topological polar surface area (TPSA) is 110 Å². The number of sulfonamides is 1. The van der Waals surface area contributed by atoms with Gasteiger partial charge in [-0.05, 0) is 18.6 Å². The molecule has 21 heavy (non-hydrogen) atoms. The van der Waals surface area contributed by atoms with Crippen LogP contribution in [-0.4, -0.2) is 50.1 Å². The molecule has 0 amide bonds. The molecule has 1 aromatic carbocycles. The standard InChI is InChI=1S/C12H18N4O4S/c1-21(19,20)15-6-2-5-14(7-8-15)12-9-10(13)3-4-11(12)16(17)18/h3-4,9H,2,5-8,13H2,1H3. The molecule has 0 radical (unpaired) electrons. The fourth-order valence-electron chi connectivity index (χ4n) is 2.41. The van der Waals surface area contributed by atoms with E-state index in [0.29, 0.717) is 44.0 Å². The van der Waals surface area contributed by atoms with Crippen molar-refractivity contribution in [1.29, 1.82) is 0 Å². The monoisotopic (exact) mass is 314 g/mol. The van der Waals surface area contributed by atoms with Gasteiger partial charge in [0, 0.05) is 37.9 Å². The molecule has 1 aliphatic heterocycles. The highest BCUT2D eigenvalue weighted by molar-refractivity contribution is 7.88. The fourth-order valence-corrected chi connectivity index (χ4v) is 3.29. The molecule has 1 aromatic rings. The lowest BCUT2D eigenvalue weighted by molar-refractivity contribution is -0.384. The van der Waals surface area contributed by atoms with Gasteiger partial charge in [-0.3, -0.25) is 10.1 Å². The molecule has 0 spiro atoms. The van der Waals surface area contributed by atoms with Crippen LogP contribution in [0.15, 0.2) is 18.2 Å². The summed E-state index contributed by atoms with van der Waals surface area (Å²) in [4.78, 5) is 12.5. The average molecular weight is 314 g/mol. The highest BCUT2D eigenvalue weighted by Gasteiger charge is 2.25. The van der Waals surface area contributed by atoms with Crippen molar-refractivity contribution in [3.8, 4) is 0 Å². The molecule has 0 bridgehead atoms. The first-order valence-electron chi connectivity index (χ1n) is 6.53. The van der Waals surface area contributed by atoms with E-state index < -0.39 is 14.9 Å². The van der Waals surface area contributed by atoms with Crippen molar-refractivity contribution < 1.29 is 13.3 Å². The van der Waals surface area contributed by atoms with E-state index in [4.69, 9.17) is 5.73 Å². The van der Waals surface area contributed by atoms with Crippen molar-refractivity contribution in [2.75, 3.05) is 43.1 Å². The van der Waals surface area contributed by atoms with Gasteiger partial charge in [-0.2, -0.15) is 0 Å². The van der Waals surface area contributed by atoms with Gasteiger partial charge in [-0.1, -0.05) is 0 Å². The van der Waals surface area contributed by atoms with E-state index in [0.717, 1.165) is 0 Å².